The van der Waals surface area contributed by atoms with Crippen molar-refractivity contribution in [3.05, 3.63) is 65.0 Å². The Labute approximate surface area is 169 Å². The first kappa shape index (κ1) is 20.1. The van der Waals surface area contributed by atoms with Crippen LogP contribution in [0.5, 0.6) is 0 Å². The summed E-state index contributed by atoms with van der Waals surface area (Å²) in [5.41, 5.74) is 1.40. The number of hydrogen-bond donors (Lipinski definition) is 1. The number of thioether (sulfide) groups is 1. The number of carbonyl (C=O) groups excluding carboxylic acids is 1. The zero-order valence-electron chi connectivity index (χ0n) is 16.1. The first-order valence-corrected chi connectivity index (χ1v) is 10.6. The van der Waals surface area contributed by atoms with Crippen LogP contribution in [0.15, 0.2) is 64.5 Å². The summed E-state index contributed by atoms with van der Waals surface area (Å²) in [7, 11) is 0. The highest BCUT2D eigenvalue weighted by Gasteiger charge is 2.13. The van der Waals surface area contributed by atoms with Crippen LogP contribution >= 0.6 is 11.8 Å². The zero-order valence-corrected chi connectivity index (χ0v) is 16.9. The Hall–Kier alpha value is -2.60. The van der Waals surface area contributed by atoms with E-state index in [0.717, 1.165) is 31.4 Å². The van der Waals surface area contributed by atoms with E-state index in [2.05, 4.69) is 17.2 Å². The van der Waals surface area contributed by atoms with Gasteiger partial charge in [0, 0.05) is 12.2 Å². The Morgan fingerprint density at radius 1 is 1.04 bits per heavy atom. The normalized spacial score (nSPS) is 10.9. The molecule has 6 heteroatoms. The minimum Gasteiger partial charge on any atom is -0.325 e. The number of rotatable bonds is 9. The van der Waals surface area contributed by atoms with Crippen molar-refractivity contribution < 1.29 is 4.79 Å². The van der Waals surface area contributed by atoms with Crippen LogP contribution in [0.1, 0.15) is 32.6 Å². The number of para-hydroxylation sites is 2. The lowest BCUT2D eigenvalue weighted by atomic mass is 10.2. The third-order valence-electron chi connectivity index (χ3n) is 4.45. The number of fused-ring (bicyclic) bond motifs is 1. The maximum Gasteiger partial charge on any atom is 0.262 e. The third kappa shape index (κ3) is 5.23. The van der Waals surface area contributed by atoms with E-state index in [4.69, 9.17) is 0 Å². The van der Waals surface area contributed by atoms with Crippen molar-refractivity contribution in [1.29, 1.82) is 0 Å². The molecular weight excluding hydrogens is 370 g/mol. The van der Waals surface area contributed by atoms with Crippen LogP contribution in [0.4, 0.5) is 5.69 Å². The average Bonchev–Trinajstić information content (AvgIpc) is 2.72. The minimum atomic E-state index is -0.115. The second-order valence-corrected chi connectivity index (χ2v) is 7.57. The summed E-state index contributed by atoms with van der Waals surface area (Å²) in [6.07, 6.45) is 4.30. The monoisotopic (exact) mass is 395 g/mol. The lowest BCUT2D eigenvalue weighted by molar-refractivity contribution is -0.113. The van der Waals surface area contributed by atoms with Gasteiger partial charge in [-0.1, -0.05) is 68.3 Å². The van der Waals surface area contributed by atoms with Gasteiger partial charge in [-0.25, -0.2) is 4.98 Å². The van der Waals surface area contributed by atoms with Crippen molar-refractivity contribution in [3.8, 4) is 0 Å². The van der Waals surface area contributed by atoms with Gasteiger partial charge < -0.3 is 5.32 Å². The molecule has 0 spiro atoms. The van der Waals surface area contributed by atoms with Gasteiger partial charge in [-0.05, 0) is 30.7 Å². The molecule has 0 aliphatic heterocycles. The van der Waals surface area contributed by atoms with Gasteiger partial charge in [0.1, 0.15) is 0 Å². The van der Waals surface area contributed by atoms with Crippen molar-refractivity contribution in [2.75, 3.05) is 11.1 Å². The number of nitrogens with zero attached hydrogens (tertiary/aromatic N) is 2. The maximum absolute atomic E-state index is 13.0. The molecule has 3 aromatic rings. The molecule has 1 aromatic heterocycles. The molecule has 0 fully saturated rings. The van der Waals surface area contributed by atoms with E-state index in [-0.39, 0.29) is 17.2 Å². The first-order chi connectivity index (χ1) is 13.7. The summed E-state index contributed by atoms with van der Waals surface area (Å²) in [6.45, 7) is 2.79. The van der Waals surface area contributed by atoms with Gasteiger partial charge in [0.25, 0.3) is 5.56 Å². The summed E-state index contributed by atoms with van der Waals surface area (Å²) in [5.74, 6) is 0.0883. The largest absolute Gasteiger partial charge is 0.325 e. The number of benzene rings is 2. The molecule has 1 heterocycles. The molecular formula is C22H25N3O2S. The third-order valence-corrected chi connectivity index (χ3v) is 5.43. The van der Waals surface area contributed by atoms with Gasteiger partial charge in [-0.2, -0.15) is 0 Å². The van der Waals surface area contributed by atoms with Crippen LogP contribution in [0, 0.1) is 0 Å². The van der Waals surface area contributed by atoms with Crippen molar-refractivity contribution in [1.82, 2.24) is 9.55 Å². The summed E-state index contributed by atoms with van der Waals surface area (Å²) < 4.78 is 1.72. The second-order valence-electron chi connectivity index (χ2n) is 6.63. The summed E-state index contributed by atoms with van der Waals surface area (Å²) in [6, 6.07) is 16.7. The molecule has 5 nitrogen and oxygen atoms in total. The highest BCUT2D eigenvalue weighted by molar-refractivity contribution is 7.99. The fraction of sp³-hybridized carbons (Fsp3) is 0.318. The fourth-order valence-electron chi connectivity index (χ4n) is 3.00. The molecule has 0 aliphatic rings. The van der Waals surface area contributed by atoms with E-state index in [1.807, 2.05) is 54.6 Å². The second kappa shape index (κ2) is 10.1. The van der Waals surface area contributed by atoms with Crippen LogP contribution in [-0.2, 0) is 11.3 Å². The van der Waals surface area contributed by atoms with Crippen LogP contribution in [0.3, 0.4) is 0 Å². The maximum atomic E-state index is 13.0. The Kier molecular flexibility index (Phi) is 7.25. The predicted molar refractivity (Wildman–Crippen MR) is 116 cm³/mol. The highest BCUT2D eigenvalue weighted by atomic mass is 32.2. The number of carbonyl (C=O) groups is 1. The van der Waals surface area contributed by atoms with Crippen LogP contribution in [0.25, 0.3) is 10.9 Å². The number of nitrogens with one attached hydrogen (secondary N) is 1. The standard InChI is InChI=1S/C22H25N3O2S/c1-2-3-4-10-15-25-21(27)18-13-8-9-14-19(18)24-22(25)28-16-20(26)23-17-11-6-5-7-12-17/h5-9,11-14H,2-4,10,15-16H2,1H3,(H,23,26). The van der Waals surface area contributed by atoms with Gasteiger partial charge in [0.15, 0.2) is 5.16 Å². The molecule has 0 atom stereocenters. The van der Waals surface area contributed by atoms with Gasteiger partial charge in [0.05, 0.1) is 16.7 Å². The van der Waals surface area contributed by atoms with Crippen LogP contribution in [-0.4, -0.2) is 21.2 Å². The quantitative estimate of drug-likeness (QED) is 0.324. The Bertz CT molecular complexity index is 986. The molecule has 3 rings (SSSR count). The Morgan fingerprint density at radius 3 is 2.57 bits per heavy atom. The number of unbranched alkanes of at least 4 members (excludes halogenated alkanes) is 3. The first-order valence-electron chi connectivity index (χ1n) is 9.66. The molecule has 0 unspecified atom stereocenters. The Morgan fingerprint density at radius 2 is 1.79 bits per heavy atom. The molecule has 146 valence electrons. The number of amides is 1. The summed E-state index contributed by atoms with van der Waals surface area (Å²) >= 11 is 1.31. The van der Waals surface area contributed by atoms with E-state index in [1.54, 1.807) is 4.57 Å². The predicted octanol–water partition coefficient (Wildman–Crippen LogP) is 4.71. The lowest BCUT2D eigenvalue weighted by Crippen LogP contribution is -2.24. The van der Waals surface area contributed by atoms with E-state index < -0.39 is 0 Å². The van der Waals surface area contributed by atoms with Crippen molar-refractivity contribution in [3.63, 3.8) is 0 Å². The lowest BCUT2D eigenvalue weighted by Gasteiger charge is -2.13. The summed E-state index contributed by atoms with van der Waals surface area (Å²) in [4.78, 5) is 29.9. The Balaban J connectivity index is 1.77. The average molecular weight is 396 g/mol. The van der Waals surface area contributed by atoms with Crippen molar-refractivity contribution >= 4 is 34.3 Å². The highest BCUT2D eigenvalue weighted by Crippen LogP contribution is 2.19. The fourth-order valence-corrected chi connectivity index (χ4v) is 3.83. The smallest absolute Gasteiger partial charge is 0.262 e. The number of hydrogen-bond acceptors (Lipinski definition) is 4. The van der Waals surface area contributed by atoms with Gasteiger partial charge in [0.2, 0.25) is 5.91 Å². The van der Waals surface area contributed by atoms with Crippen LogP contribution < -0.4 is 10.9 Å². The van der Waals surface area contributed by atoms with E-state index in [0.29, 0.717) is 22.6 Å². The van der Waals surface area contributed by atoms with Gasteiger partial charge >= 0.3 is 0 Å². The molecule has 0 saturated carbocycles. The van der Waals surface area contributed by atoms with Gasteiger partial charge in [-0.15, -0.1) is 0 Å². The number of anilines is 1. The topological polar surface area (TPSA) is 64.0 Å². The van der Waals surface area contributed by atoms with E-state index in [9.17, 15) is 9.59 Å². The molecule has 0 bridgehead atoms. The van der Waals surface area contributed by atoms with E-state index in [1.165, 1.54) is 11.8 Å². The number of aromatic nitrogens is 2. The van der Waals surface area contributed by atoms with Gasteiger partial charge in [-0.3, -0.25) is 14.2 Å². The zero-order chi connectivity index (χ0) is 19.8. The summed E-state index contributed by atoms with van der Waals surface area (Å²) in [5, 5.41) is 4.09. The molecule has 2 aromatic carbocycles. The molecule has 0 radical (unpaired) electrons. The molecule has 1 N–H and O–H groups in total. The van der Waals surface area contributed by atoms with Crippen LogP contribution in [0.2, 0.25) is 0 Å². The van der Waals surface area contributed by atoms with Crippen molar-refractivity contribution in [2.45, 2.75) is 44.3 Å². The molecule has 1 amide bonds. The SMILES string of the molecule is CCCCCCn1c(SCC(=O)Nc2ccccc2)nc2ccccc2c1=O. The minimum absolute atomic E-state index is 0.0342. The molecule has 0 aliphatic carbocycles. The van der Waals surface area contributed by atoms with Crippen molar-refractivity contribution in [2.24, 2.45) is 0 Å². The van der Waals surface area contributed by atoms with E-state index >= 15 is 0 Å². The molecule has 28 heavy (non-hydrogen) atoms. The molecule has 0 saturated heterocycles.